The molecular formula is C29H33FN4O6S. The van der Waals surface area contributed by atoms with E-state index in [1.54, 1.807) is 54.3 Å². The number of nitrogens with zero attached hydrogens (tertiary/aromatic N) is 4. The van der Waals surface area contributed by atoms with Crippen molar-refractivity contribution in [3.05, 3.63) is 70.9 Å². The number of aromatic nitrogens is 1. The number of fused-ring (bicyclic) bond motifs is 1. The average molecular weight is 585 g/mol. The molecule has 3 heterocycles. The number of para-hydroxylation sites is 1. The fourth-order valence-corrected chi connectivity index (χ4v) is 7.16. The van der Waals surface area contributed by atoms with E-state index in [9.17, 15) is 27.2 Å². The van der Waals surface area contributed by atoms with Gasteiger partial charge in [0.1, 0.15) is 17.3 Å². The second kappa shape index (κ2) is 12.0. The van der Waals surface area contributed by atoms with E-state index in [1.165, 1.54) is 16.6 Å². The highest BCUT2D eigenvalue weighted by molar-refractivity contribution is 7.89. The van der Waals surface area contributed by atoms with Crippen LogP contribution in [0.1, 0.15) is 19.8 Å². The number of anilines is 1. The predicted molar refractivity (Wildman–Crippen MR) is 152 cm³/mol. The molecule has 41 heavy (non-hydrogen) atoms. The molecule has 12 heteroatoms. The lowest BCUT2D eigenvalue weighted by atomic mass is 9.97. The van der Waals surface area contributed by atoms with Crippen LogP contribution < -0.4 is 10.5 Å². The third-order valence-corrected chi connectivity index (χ3v) is 9.71. The molecule has 2 aromatic carbocycles. The number of benzene rings is 2. The van der Waals surface area contributed by atoms with Gasteiger partial charge in [-0.1, -0.05) is 30.3 Å². The van der Waals surface area contributed by atoms with Crippen LogP contribution in [0.4, 0.5) is 10.1 Å². The molecule has 0 atom stereocenters. The zero-order chi connectivity index (χ0) is 29.1. The monoisotopic (exact) mass is 584 g/mol. The lowest BCUT2D eigenvalue weighted by molar-refractivity contribution is -0.151. The minimum Gasteiger partial charge on any atom is -0.466 e. The van der Waals surface area contributed by atoms with Gasteiger partial charge in [-0.25, -0.2) is 12.8 Å². The van der Waals surface area contributed by atoms with Gasteiger partial charge in [0.05, 0.1) is 18.2 Å². The van der Waals surface area contributed by atoms with Crippen molar-refractivity contribution in [3.63, 3.8) is 0 Å². The lowest BCUT2D eigenvalue weighted by Gasteiger charge is -2.35. The highest BCUT2D eigenvalue weighted by Crippen LogP contribution is 2.27. The number of ether oxygens (including phenoxy) is 1. The summed E-state index contributed by atoms with van der Waals surface area (Å²) in [6.07, 6.45) is 2.19. The Morgan fingerprint density at radius 3 is 2.22 bits per heavy atom. The Morgan fingerprint density at radius 2 is 1.56 bits per heavy atom. The Bertz CT molecular complexity index is 1610. The summed E-state index contributed by atoms with van der Waals surface area (Å²) < 4.78 is 49.7. The van der Waals surface area contributed by atoms with Gasteiger partial charge < -0.3 is 19.1 Å². The van der Waals surface area contributed by atoms with Crippen molar-refractivity contribution in [1.29, 1.82) is 0 Å². The minimum atomic E-state index is -4.05. The third-order valence-electron chi connectivity index (χ3n) is 7.78. The SMILES string of the molecule is CCOC(=O)C1CCN(C(=O)Cn2cc(S(=O)(=O)N3CCN(c4ccccc4F)CC3)c3ccccc3c2=O)CC1. The molecule has 3 aromatic rings. The van der Waals surface area contributed by atoms with Crippen LogP contribution in [0.3, 0.4) is 0 Å². The number of sulfonamides is 1. The number of hydrogen-bond donors (Lipinski definition) is 0. The first-order valence-corrected chi connectivity index (χ1v) is 15.2. The molecule has 0 bridgehead atoms. The van der Waals surface area contributed by atoms with E-state index in [0.29, 0.717) is 51.3 Å². The normalized spacial score (nSPS) is 17.1. The number of hydrogen-bond acceptors (Lipinski definition) is 7. The van der Waals surface area contributed by atoms with Gasteiger partial charge in [-0.15, -0.1) is 0 Å². The molecular weight excluding hydrogens is 551 g/mol. The Balaban J connectivity index is 1.37. The molecule has 2 fully saturated rings. The number of likely N-dealkylation sites (tertiary alicyclic amines) is 1. The third kappa shape index (κ3) is 5.84. The van der Waals surface area contributed by atoms with Crippen molar-refractivity contribution < 1.29 is 27.1 Å². The summed E-state index contributed by atoms with van der Waals surface area (Å²) in [5.41, 5.74) is -0.0352. The number of rotatable bonds is 7. The lowest BCUT2D eigenvalue weighted by Crippen LogP contribution is -2.49. The average Bonchev–Trinajstić information content (AvgIpc) is 2.99. The maximum Gasteiger partial charge on any atom is 0.309 e. The van der Waals surface area contributed by atoms with Crippen LogP contribution in [0.5, 0.6) is 0 Å². The number of esters is 1. The summed E-state index contributed by atoms with van der Waals surface area (Å²) in [5.74, 6) is -1.23. The summed E-state index contributed by atoms with van der Waals surface area (Å²) in [7, 11) is -4.05. The molecule has 2 saturated heterocycles. The van der Waals surface area contributed by atoms with Crippen molar-refractivity contribution in [2.75, 3.05) is 50.8 Å². The first-order chi connectivity index (χ1) is 19.7. The Kier molecular flexibility index (Phi) is 8.41. The molecule has 1 aromatic heterocycles. The van der Waals surface area contributed by atoms with Gasteiger partial charge in [-0.2, -0.15) is 4.31 Å². The standard InChI is InChI=1S/C29H33FN4O6S/c1-2-40-29(37)21-11-13-32(14-12-21)27(35)20-33-19-26(22-7-3-4-8-23(22)28(33)36)41(38,39)34-17-15-31(16-18-34)25-10-6-5-9-24(25)30/h3-10,19,21H,2,11-18,20H2,1H3. The Morgan fingerprint density at radius 1 is 0.927 bits per heavy atom. The van der Waals surface area contributed by atoms with Gasteiger partial charge in [0, 0.05) is 56.2 Å². The number of carbonyl (C=O) groups excluding carboxylic acids is 2. The van der Waals surface area contributed by atoms with Crippen molar-refractivity contribution in [1.82, 2.24) is 13.8 Å². The topological polar surface area (TPSA) is 109 Å². The molecule has 5 rings (SSSR count). The van der Waals surface area contributed by atoms with Crippen LogP contribution in [0.15, 0.2) is 64.4 Å². The van der Waals surface area contributed by atoms with Gasteiger partial charge in [0.2, 0.25) is 15.9 Å². The van der Waals surface area contributed by atoms with Gasteiger partial charge >= 0.3 is 5.97 Å². The number of carbonyl (C=O) groups is 2. The van der Waals surface area contributed by atoms with Crippen molar-refractivity contribution in [2.45, 2.75) is 31.2 Å². The Hall–Kier alpha value is -3.77. The molecule has 2 aliphatic heterocycles. The van der Waals surface area contributed by atoms with Crippen LogP contribution in [0, 0.1) is 11.7 Å². The van der Waals surface area contributed by atoms with E-state index in [2.05, 4.69) is 0 Å². The Labute approximate surface area is 238 Å². The van der Waals surface area contributed by atoms with E-state index >= 15 is 0 Å². The first-order valence-electron chi connectivity index (χ1n) is 13.8. The molecule has 10 nitrogen and oxygen atoms in total. The summed E-state index contributed by atoms with van der Waals surface area (Å²) in [6.45, 7) is 3.31. The highest BCUT2D eigenvalue weighted by Gasteiger charge is 2.32. The van der Waals surface area contributed by atoms with Crippen molar-refractivity contribution in [3.8, 4) is 0 Å². The highest BCUT2D eigenvalue weighted by atomic mass is 32.2. The molecule has 0 radical (unpaired) electrons. The van der Waals surface area contributed by atoms with Crippen LogP contribution in [-0.4, -0.2) is 79.9 Å². The number of amides is 1. The summed E-state index contributed by atoms with van der Waals surface area (Å²) in [4.78, 5) is 41.9. The van der Waals surface area contributed by atoms with Gasteiger partial charge in [-0.05, 0) is 38.0 Å². The molecule has 0 unspecified atom stereocenters. The van der Waals surface area contributed by atoms with Gasteiger partial charge in [0.15, 0.2) is 0 Å². The molecule has 1 amide bonds. The largest absolute Gasteiger partial charge is 0.466 e. The fourth-order valence-electron chi connectivity index (χ4n) is 5.52. The van der Waals surface area contributed by atoms with Crippen LogP contribution >= 0.6 is 0 Å². The van der Waals surface area contributed by atoms with Crippen molar-refractivity contribution >= 4 is 38.4 Å². The molecule has 0 saturated carbocycles. The maximum absolute atomic E-state index is 14.3. The summed E-state index contributed by atoms with van der Waals surface area (Å²) >= 11 is 0. The number of piperidine rings is 1. The molecule has 0 aliphatic carbocycles. The fraction of sp³-hybridized carbons (Fsp3) is 0.414. The quantitative estimate of drug-likeness (QED) is 0.393. The second-order valence-electron chi connectivity index (χ2n) is 10.2. The molecule has 0 N–H and O–H groups in total. The van der Waals surface area contributed by atoms with Gasteiger partial charge in [0.25, 0.3) is 5.56 Å². The van der Waals surface area contributed by atoms with Gasteiger partial charge in [-0.3, -0.25) is 14.4 Å². The summed E-state index contributed by atoms with van der Waals surface area (Å²) in [5, 5.41) is 0.486. The number of pyridine rings is 1. The van der Waals surface area contributed by atoms with Crippen LogP contribution in [0.2, 0.25) is 0 Å². The smallest absolute Gasteiger partial charge is 0.309 e. The van der Waals surface area contributed by atoms with E-state index in [1.807, 2.05) is 4.90 Å². The van der Waals surface area contributed by atoms with Crippen LogP contribution in [-0.2, 0) is 30.9 Å². The molecule has 218 valence electrons. The molecule has 0 spiro atoms. The van der Waals surface area contributed by atoms with E-state index in [0.717, 1.165) is 4.57 Å². The zero-order valence-corrected chi connectivity index (χ0v) is 23.7. The number of halogens is 1. The van der Waals surface area contributed by atoms with Crippen molar-refractivity contribution in [2.24, 2.45) is 5.92 Å². The minimum absolute atomic E-state index is 0.0548. The van der Waals surface area contributed by atoms with E-state index in [-0.39, 0.29) is 58.9 Å². The van der Waals surface area contributed by atoms with E-state index < -0.39 is 15.6 Å². The van der Waals surface area contributed by atoms with E-state index in [4.69, 9.17) is 4.74 Å². The number of piperazine rings is 1. The summed E-state index contributed by atoms with van der Waals surface area (Å²) in [6, 6.07) is 12.8. The first kappa shape index (κ1) is 28.7. The molecule has 2 aliphatic rings. The predicted octanol–water partition coefficient (Wildman–Crippen LogP) is 2.45. The zero-order valence-electron chi connectivity index (χ0n) is 22.9. The van der Waals surface area contributed by atoms with Crippen LogP contribution in [0.25, 0.3) is 10.8 Å². The maximum atomic E-state index is 14.3. The second-order valence-corrected chi connectivity index (χ2v) is 12.1.